The van der Waals surface area contributed by atoms with Crippen molar-refractivity contribution in [1.29, 1.82) is 0 Å². The molecular formula is C22H27F2N7O2. The third-order valence-corrected chi connectivity index (χ3v) is 6.73. The molecule has 0 radical (unpaired) electrons. The molecule has 1 saturated carbocycles. The van der Waals surface area contributed by atoms with Crippen molar-refractivity contribution in [2.45, 2.75) is 50.7 Å². The molecule has 1 aromatic heterocycles. The molecule has 3 heterocycles. The van der Waals surface area contributed by atoms with E-state index < -0.39 is 29.8 Å². The van der Waals surface area contributed by atoms with Gasteiger partial charge in [-0.25, -0.2) is 19.2 Å². The number of aromatic nitrogens is 3. The summed E-state index contributed by atoms with van der Waals surface area (Å²) in [6.45, 7) is 3.08. The maximum atomic E-state index is 13.5. The fraction of sp³-hybridized carbons (Fsp3) is 0.545. The topological polar surface area (TPSA) is 95.4 Å². The number of carbonyl (C=O) groups excluding carboxylic acids is 2. The van der Waals surface area contributed by atoms with Gasteiger partial charge in [-0.15, -0.1) is 5.10 Å². The second-order valence-corrected chi connectivity index (χ2v) is 9.53. The van der Waals surface area contributed by atoms with E-state index in [2.05, 4.69) is 39.9 Å². The average Bonchev–Trinajstić information content (AvgIpc) is 3.10. The molecule has 11 heteroatoms. The van der Waals surface area contributed by atoms with E-state index in [1.807, 2.05) is 12.2 Å². The van der Waals surface area contributed by atoms with E-state index in [1.54, 1.807) is 22.8 Å². The van der Waals surface area contributed by atoms with Crippen molar-refractivity contribution in [2.75, 3.05) is 13.6 Å². The van der Waals surface area contributed by atoms with Crippen molar-refractivity contribution >= 4 is 11.8 Å². The van der Waals surface area contributed by atoms with E-state index in [1.165, 1.54) is 11.2 Å². The predicted molar refractivity (Wildman–Crippen MR) is 114 cm³/mol. The number of hydrazine groups is 1. The Balaban J connectivity index is 1.22. The highest BCUT2D eigenvalue weighted by molar-refractivity contribution is 5.95. The van der Waals surface area contributed by atoms with E-state index >= 15 is 0 Å². The van der Waals surface area contributed by atoms with Crippen LogP contribution >= 0.6 is 0 Å². The quantitative estimate of drug-likeness (QED) is 0.692. The van der Waals surface area contributed by atoms with Crippen molar-refractivity contribution in [3.8, 4) is 0 Å². The summed E-state index contributed by atoms with van der Waals surface area (Å²) in [7, 11) is 1.58. The van der Waals surface area contributed by atoms with Crippen molar-refractivity contribution in [1.82, 2.24) is 35.4 Å². The van der Waals surface area contributed by atoms with Crippen LogP contribution in [0.5, 0.6) is 0 Å². The molecule has 33 heavy (non-hydrogen) atoms. The van der Waals surface area contributed by atoms with Gasteiger partial charge in [-0.3, -0.25) is 24.2 Å². The third kappa shape index (κ3) is 4.17. The molecule has 1 saturated heterocycles. The fourth-order valence-corrected chi connectivity index (χ4v) is 4.65. The number of likely N-dealkylation sites (N-methyl/N-ethyl adjacent to an activating group) is 1. The minimum Gasteiger partial charge on any atom is -0.337 e. The fourth-order valence-electron chi connectivity index (χ4n) is 4.65. The summed E-state index contributed by atoms with van der Waals surface area (Å²) in [5, 5.41) is 8.74. The molecule has 9 nitrogen and oxygen atoms in total. The van der Waals surface area contributed by atoms with Gasteiger partial charge in [0.05, 0.1) is 12.6 Å². The van der Waals surface area contributed by atoms with Crippen LogP contribution in [0.25, 0.3) is 0 Å². The first-order valence-corrected chi connectivity index (χ1v) is 11.1. The number of fused-ring (bicyclic) bond motifs is 1. The van der Waals surface area contributed by atoms with Crippen LogP contribution in [0, 0.1) is 11.3 Å². The number of hydrogen-bond donors (Lipinski definition) is 2. The number of nitrogens with one attached hydrogen (secondary N) is 2. The lowest BCUT2D eigenvalue weighted by atomic mass is 9.84. The maximum absolute atomic E-state index is 13.5. The highest BCUT2D eigenvalue weighted by Gasteiger charge is 2.61. The van der Waals surface area contributed by atoms with Gasteiger partial charge >= 0.3 is 0 Å². The Bertz CT molecular complexity index is 1060. The summed E-state index contributed by atoms with van der Waals surface area (Å²) in [6, 6.07) is -1.27. The Labute approximate surface area is 190 Å². The molecule has 2 N–H and O–H groups in total. The van der Waals surface area contributed by atoms with Gasteiger partial charge < -0.3 is 5.32 Å². The van der Waals surface area contributed by atoms with Crippen LogP contribution < -0.4 is 10.7 Å². The molecule has 5 rings (SSSR count). The van der Waals surface area contributed by atoms with Crippen molar-refractivity contribution in [2.24, 2.45) is 11.3 Å². The van der Waals surface area contributed by atoms with E-state index in [0.29, 0.717) is 25.3 Å². The van der Waals surface area contributed by atoms with E-state index in [-0.39, 0.29) is 23.6 Å². The molecule has 2 amide bonds. The molecule has 0 spiro atoms. The van der Waals surface area contributed by atoms with E-state index in [9.17, 15) is 18.4 Å². The minimum absolute atomic E-state index is 0.00232. The first-order valence-electron chi connectivity index (χ1n) is 11.1. The van der Waals surface area contributed by atoms with Gasteiger partial charge in [0.1, 0.15) is 18.2 Å². The number of carbonyl (C=O) groups is 2. The van der Waals surface area contributed by atoms with Gasteiger partial charge in [0.25, 0.3) is 17.7 Å². The zero-order valence-electron chi connectivity index (χ0n) is 18.5. The van der Waals surface area contributed by atoms with Crippen LogP contribution in [-0.4, -0.2) is 68.1 Å². The maximum Gasteiger partial charge on any atom is 0.291 e. The summed E-state index contributed by atoms with van der Waals surface area (Å²) in [6.07, 6.45) is 12.4. The van der Waals surface area contributed by atoms with Gasteiger partial charge in [0.15, 0.2) is 0 Å². The van der Waals surface area contributed by atoms with Crippen molar-refractivity contribution in [3.05, 3.63) is 48.4 Å². The molecule has 176 valence electrons. The summed E-state index contributed by atoms with van der Waals surface area (Å²) in [5.74, 6) is -3.70. The predicted octanol–water partition coefficient (Wildman–Crippen LogP) is 1.45. The third-order valence-electron chi connectivity index (χ3n) is 6.73. The highest BCUT2D eigenvalue weighted by Crippen LogP contribution is 2.52. The lowest BCUT2D eigenvalue weighted by Gasteiger charge is -2.25. The summed E-state index contributed by atoms with van der Waals surface area (Å²) < 4.78 is 28.6. The Morgan fingerprint density at radius 1 is 1.36 bits per heavy atom. The number of amides is 2. The molecule has 2 aliphatic carbocycles. The first-order chi connectivity index (χ1) is 15.7. The lowest BCUT2D eigenvalue weighted by Crippen LogP contribution is -2.46. The van der Waals surface area contributed by atoms with Gasteiger partial charge in [0, 0.05) is 31.3 Å². The van der Waals surface area contributed by atoms with Gasteiger partial charge in [-0.1, -0.05) is 31.2 Å². The molecule has 0 bridgehead atoms. The normalized spacial score (nSPS) is 32.4. The van der Waals surface area contributed by atoms with Crippen molar-refractivity contribution in [3.63, 3.8) is 0 Å². The molecule has 0 aromatic carbocycles. The Hall–Kier alpha value is -3.08. The number of alkyl halides is 2. The van der Waals surface area contributed by atoms with Gasteiger partial charge in [-0.05, 0) is 18.9 Å². The first kappa shape index (κ1) is 21.7. The standard InChI is InChI=1S/C22H27F2N7O2/c1-21(7-4-3-5-8-21)12-30-13-25-18(28-30)19(32)26-15-6-9-31-17(29(2)20(15)33)10-16(27-31)14-11-22(14,23)24/h3-5,7,10,13-16,27H,6,8-9,11-12H2,1-2H3,(H,26,32). The number of hydrogen-bond acceptors (Lipinski definition) is 6. The van der Waals surface area contributed by atoms with Crippen LogP contribution in [-0.2, 0) is 11.3 Å². The Morgan fingerprint density at radius 2 is 2.15 bits per heavy atom. The summed E-state index contributed by atoms with van der Waals surface area (Å²) in [4.78, 5) is 31.3. The number of halogens is 2. The minimum atomic E-state index is -2.66. The lowest BCUT2D eigenvalue weighted by molar-refractivity contribution is -0.130. The molecule has 4 atom stereocenters. The zero-order valence-corrected chi connectivity index (χ0v) is 18.5. The zero-order chi connectivity index (χ0) is 23.4. The van der Waals surface area contributed by atoms with Gasteiger partial charge in [-0.2, -0.15) is 0 Å². The summed E-state index contributed by atoms with van der Waals surface area (Å²) in [5.41, 5.74) is 2.96. The molecule has 4 aliphatic rings. The smallest absolute Gasteiger partial charge is 0.291 e. The Kier molecular flexibility index (Phi) is 5.11. The highest BCUT2D eigenvalue weighted by atomic mass is 19.3. The van der Waals surface area contributed by atoms with Crippen LogP contribution in [0.15, 0.2) is 42.5 Å². The number of rotatable bonds is 5. The van der Waals surface area contributed by atoms with Crippen LogP contribution in [0.2, 0.25) is 0 Å². The van der Waals surface area contributed by atoms with Crippen LogP contribution in [0.1, 0.15) is 36.8 Å². The molecular weight excluding hydrogens is 432 g/mol. The van der Waals surface area contributed by atoms with E-state index in [0.717, 1.165) is 6.42 Å². The number of nitrogens with zero attached hydrogens (tertiary/aromatic N) is 5. The SMILES string of the molecule is CN1C(=O)C(NC(=O)c2ncn(CC3(C)C=CC=CC3)n2)CCN2NC(C3CC3(F)F)C=C21. The molecule has 2 fully saturated rings. The van der Waals surface area contributed by atoms with Crippen LogP contribution in [0.4, 0.5) is 8.78 Å². The number of allylic oxidation sites excluding steroid dienone is 4. The second-order valence-electron chi connectivity index (χ2n) is 9.53. The largest absolute Gasteiger partial charge is 0.337 e. The molecule has 4 unspecified atom stereocenters. The van der Waals surface area contributed by atoms with Crippen LogP contribution in [0.3, 0.4) is 0 Å². The van der Waals surface area contributed by atoms with Crippen molar-refractivity contribution < 1.29 is 18.4 Å². The monoisotopic (exact) mass is 459 g/mol. The molecule has 1 aromatic rings. The van der Waals surface area contributed by atoms with E-state index in [4.69, 9.17) is 0 Å². The second kappa shape index (κ2) is 7.75. The molecule has 2 aliphatic heterocycles. The Morgan fingerprint density at radius 3 is 2.85 bits per heavy atom. The van der Waals surface area contributed by atoms with Gasteiger partial charge in [0.2, 0.25) is 5.82 Å². The summed E-state index contributed by atoms with van der Waals surface area (Å²) >= 11 is 0. The average molecular weight is 460 g/mol.